The zero-order valence-electron chi connectivity index (χ0n) is 6.41. The van der Waals surface area contributed by atoms with E-state index in [4.69, 9.17) is 0 Å². The molecule has 80 valence electrons. The third-order valence-electron chi connectivity index (χ3n) is 1.29. The minimum absolute atomic E-state index is 0.652. The molecular weight excluding hydrogens is 218 g/mol. The van der Waals surface area contributed by atoms with Crippen LogP contribution >= 0.6 is 12.6 Å². The molecule has 0 aliphatic carbocycles. The smallest absolute Gasteiger partial charge is 0.240 e. The average molecular weight is 226 g/mol. The number of halogens is 6. The minimum Gasteiger partial charge on any atom is -0.240 e. The van der Waals surface area contributed by atoms with Gasteiger partial charge in [0.1, 0.15) is 0 Å². The Labute approximate surface area is 76.7 Å². The summed E-state index contributed by atoms with van der Waals surface area (Å²) in [7, 11) is 0. The molecule has 1 unspecified atom stereocenters. The van der Waals surface area contributed by atoms with Gasteiger partial charge in [-0.15, -0.1) is 12.6 Å². The third kappa shape index (κ3) is 7.04. The molecule has 0 spiro atoms. The topological polar surface area (TPSA) is 0 Å². The van der Waals surface area contributed by atoms with Gasteiger partial charge < -0.3 is 0 Å². The molecule has 0 radical (unpaired) electrons. The van der Waals surface area contributed by atoms with Crippen molar-refractivity contribution in [1.82, 2.24) is 0 Å². The lowest BCUT2D eigenvalue weighted by Crippen LogP contribution is -2.23. The fraction of sp³-hybridized carbons (Fsp3) is 1.00. The molecule has 0 rings (SSSR count). The van der Waals surface area contributed by atoms with Crippen molar-refractivity contribution in [3.05, 3.63) is 0 Å². The molecular formula is C6H8F6S. The van der Waals surface area contributed by atoms with Crippen LogP contribution in [0, 0.1) is 0 Å². The second-order valence-electron chi connectivity index (χ2n) is 2.56. The molecule has 0 aliphatic heterocycles. The molecule has 0 bridgehead atoms. The highest BCUT2D eigenvalue weighted by Crippen LogP contribution is 2.30. The van der Waals surface area contributed by atoms with Crippen LogP contribution in [0.5, 0.6) is 0 Å². The summed E-state index contributed by atoms with van der Waals surface area (Å²) in [5.41, 5.74) is 0. The Morgan fingerprint density at radius 3 is 1.85 bits per heavy atom. The first-order chi connectivity index (χ1) is 5.63. The summed E-state index contributed by atoms with van der Waals surface area (Å²) in [5, 5.41) is -3.86. The second-order valence-corrected chi connectivity index (χ2v) is 3.16. The van der Waals surface area contributed by atoms with E-state index in [0.29, 0.717) is 0 Å². The molecule has 0 saturated heterocycles. The predicted octanol–water partition coefficient (Wildman–Crippen LogP) is 3.58. The van der Waals surface area contributed by atoms with Gasteiger partial charge in [0.2, 0.25) is 0 Å². The zero-order valence-corrected chi connectivity index (χ0v) is 7.31. The number of hydrogen-bond donors (Lipinski definition) is 1. The van der Waals surface area contributed by atoms with E-state index in [2.05, 4.69) is 12.6 Å². The first kappa shape index (κ1) is 12.9. The highest BCUT2D eigenvalue weighted by atomic mass is 32.1. The molecule has 7 heteroatoms. The van der Waals surface area contributed by atoms with Gasteiger partial charge in [-0.05, 0) is 12.8 Å². The third-order valence-corrected chi connectivity index (χ3v) is 1.57. The normalized spacial score (nSPS) is 15.9. The van der Waals surface area contributed by atoms with E-state index >= 15 is 0 Å². The van der Waals surface area contributed by atoms with Gasteiger partial charge in [-0.1, -0.05) is 0 Å². The molecule has 0 aromatic rings. The van der Waals surface area contributed by atoms with E-state index in [0.717, 1.165) is 0 Å². The van der Waals surface area contributed by atoms with Crippen LogP contribution in [-0.4, -0.2) is 17.6 Å². The van der Waals surface area contributed by atoms with Gasteiger partial charge >= 0.3 is 11.4 Å². The summed E-state index contributed by atoms with van der Waals surface area (Å²) in [6, 6.07) is 0. The molecule has 0 aromatic carbocycles. The Balaban J connectivity index is 3.67. The number of hydrogen-bond acceptors (Lipinski definition) is 1. The summed E-state index contributed by atoms with van der Waals surface area (Å²) in [6.07, 6.45) is -9.79. The van der Waals surface area contributed by atoms with Crippen LogP contribution in [0.3, 0.4) is 0 Å². The van der Waals surface area contributed by atoms with E-state index in [1.165, 1.54) is 0 Å². The van der Waals surface area contributed by atoms with Crippen LogP contribution in [-0.2, 0) is 0 Å². The molecule has 13 heavy (non-hydrogen) atoms. The Morgan fingerprint density at radius 1 is 1.08 bits per heavy atom. The van der Waals surface area contributed by atoms with Crippen LogP contribution in [0.4, 0.5) is 26.3 Å². The van der Waals surface area contributed by atoms with Crippen molar-refractivity contribution in [2.75, 3.05) is 0 Å². The molecule has 0 fully saturated rings. The van der Waals surface area contributed by atoms with Crippen LogP contribution < -0.4 is 0 Å². The van der Waals surface area contributed by atoms with E-state index < -0.39 is 36.9 Å². The standard InChI is InChI=1S/C6H8F6S/c7-4(6(11,12)13)2-1-3-5(8,9)10/h4,13H,1-3H2. The van der Waals surface area contributed by atoms with Gasteiger partial charge in [-0.3, -0.25) is 0 Å². The molecule has 0 nitrogen and oxygen atoms in total. The summed E-state index contributed by atoms with van der Waals surface area (Å²) in [6.45, 7) is 0. The maximum Gasteiger partial charge on any atom is 0.389 e. The quantitative estimate of drug-likeness (QED) is 0.549. The first-order valence-electron chi connectivity index (χ1n) is 3.44. The van der Waals surface area contributed by atoms with Gasteiger partial charge in [0.15, 0.2) is 6.17 Å². The number of rotatable bonds is 4. The maximum atomic E-state index is 12.3. The van der Waals surface area contributed by atoms with E-state index in [1.54, 1.807) is 0 Å². The first-order valence-corrected chi connectivity index (χ1v) is 3.88. The predicted molar refractivity (Wildman–Crippen MR) is 38.7 cm³/mol. The van der Waals surface area contributed by atoms with Crippen molar-refractivity contribution in [2.45, 2.75) is 36.9 Å². The molecule has 0 N–H and O–H groups in total. The second kappa shape index (κ2) is 4.43. The Kier molecular flexibility index (Phi) is 4.41. The molecule has 0 heterocycles. The Hall–Kier alpha value is -0.0700. The van der Waals surface area contributed by atoms with Crippen LogP contribution in [0.1, 0.15) is 19.3 Å². The molecule has 0 amide bonds. The summed E-state index contributed by atoms with van der Waals surface area (Å²) in [5.74, 6) is 0. The van der Waals surface area contributed by atoms with E-state index in [9.17, 15) is 26.3 Å². The van der Waals surface area contributed by atoms with Crippen LogP contribution in [0.15, 0.2) is 0 Å². The van der Waals surface area contributed by atoms with Crippen molar-refractivity contribution in [2.24, 2.45) is 0 Å². The molecule has 0 saturated carbocycles. The Bertz CT molecular complexity index is 148. The summed E-state index contributed by atoms with van der Waals surface area (Å²) < 4.78 is 70.6. The number of alkyl halides is 6. The van der Waals surface area contributed by atoms with Crippen molar-refractivity contribution in [3.63, 3.8) is 0 Å². The SMILES string of the molecule is FC(CCCC(F)(F)F)C(F)(F)S. The van der Waals surface area contributed by atoms with Gasteiger partial charge in [0.25, 0.3) is 0 Å². The summed E-state index contributed by atoms with van der Waals surface area (Å²) >= 11 is 2.61. The van der Waals surface area contributed by atoms with Crippen molar-refractivity contribution < 1.29 is 26.3 Å². The minimum atomic E-state index is -4.42. The average Bonchev–Trinajstić information content (AvgIpc) is 1.82. The van der Waals surface area contributed by atoms with Gasteiger partial charge in [-0.2, -0.15) is 22.0 Å². The van der Waals surface area contributed by atoms with Crippen LogP contribution in [0.25, 0.3) is 0 Å². The highest BCUT2D eigenvalue weighted by molar-refractivity contribution is 7.81. The molecule has 1 atom stereocenters. The lowest BCUT2D eigenvalue weighted by Gasteiger charge is -2.14. The Morgan fingerprint density at radius 2 is 1.54 bits per heavy atom. The molecule has 0 aromatic heterocycles. The molecule has 0 aliphatic rings. The fourth-order valence-electron chi connectivity index (χ4n) is 0.655. The zero-order chi connectivity index (χ0) is 10.7. The fourth-order valence-corrected chi connectivity index (χ4v) is 0.784. The van der Waals surface area contributed by atoms with E-state index in [1.807, 2.05) is 0 Å². The van der Waals surface area contributed by atoms with Crippen molar-refractivity contribution >= 4 is 12.6 Å². The highest BCUT2D eigenvalue weighted by Gasteiger charge is 2.36. The maximum absolute atomic E-state index is 12.3. The largest absolute Gasteiger partial charge is 0.389 e. The van der Waals surface area contributed by atoms with Crippen molar-refractivity contribution in [1.29, 1.82) is 0 Å². The number of thiol groups is 1. The lowest BCUT2D eigenvalue weighted by molar-refractivity contribution is -0.137. The summed E-state index contributed by atoms with van der Waals surface area (Å²) in [4.78, 5) is 0. The van der Waals surface area contributed by atoms with E-state index in [-0.39, 0.29) is 0 Å². The van der Waals surface area contributed by atoms with Crippen molar-refractivity contribution in [3.8, 4) is 0 Å². The van der Waals surface area contributed by atoms with Gasteiger partial charge in [0, 0.05) is 6.42 Å². The monoisotopic (exact) mass is 226 g/mol. The van der Waals surface area contributed by atoms with Crippen LogP contribution in [0.2, 0.25) is 0 Å². The van der Waals surface area contributed by atoms with Gasteiger partial charge in [-0.25, -0.2) is 4.39 Å². The van der Waals surface area contributed by atoms with Gasteiger partial charge in [0.05, 0.1) is 0 Å². The lowest BCUT2D eigenvalue weighted by atomic mass is 10.2.